The molecular weight excluding hydrogens is 370 g/mol. The molecule has 0 bridgehead atoms. The van der Waals surface area contributed by atoms with Crippen LogP contribution in [0, 0.1) is 6.92 Å². The van der Waals surface area contributed by atoms with Gasteiger partial charge in [-0.25, -0.2) is 4.79 Å². The highest BCUT2D eigenvalue weighted by Crippen LogP contribution is 2.40. The lowest BCUT2D eigenvalue weighted by atomic mass is 9.88. The third-order valence-electron chi connectivity index (χ3n) is 4.35. The van der Waals surface area contributed by atoms with Crippen LogP contribution in [0.5, 0.6) is 0 Å². The molecule has 1 amide bonds. The fraction of sp³-hybridized carbons (Fsp3) is 0.400. The number of nitrogens with zero attached hydrogens (tertiary/aromatic N) is 1. The van der Waals surface area contributed by atoms with E-state index in [2.05, 4.69) is 0 Å². The smallest absolute Gasteiger partial charge is 0.411 e. The van der Waals surface area contributed by atoms with E-state index in [1.165, 1.54) is 11.3 Å². The van der Waals surface area contributed by atoms with Crippen LogP contribution in [-0.4, -0.2) is 29.4 Å². The van der Waals surface area contributed by atoms with Crippen molar-refractivity contribution in [2.24, 2.45) is 0 Å². The van der Waals surface area contributed by atoms with Crippen LogP contribution < -0.4 is 0 Å². The van der Waals surface area contributed by atoms with Crippen LogP contribution in [-0.2, 0) is 11.2 Å². The number of rotatable bonds is 2. The molecule has 0 saturated heterocycles. The molecule has 4 nitrogen and oxygen atoms in total. The lowest BCUT2D eigenvalue weighted by molar-refractivity contribution is 0.0178. The molecule has 1 aromatic heterocycles. The second-order valence-electron chi connectivity index (χ2n) is 7.45. The van der Waals surface area contributed by atoms with Crippen molar-refractivity contribution < 1.29 is 14.3 Å². The number of carbonyl (C=O) groups excluding carboxylic acids is 2. The predicted octanol–water partition coefficient (Wildman–Crippen LogP) is 5.41. The van der Waals surface area contributed by atoms with Crippen LogP contribution in [0.15, 0.2) is 24.3 Å². The molecule has 138 valence electrons. The maximum absolute atomic E-state index is 12.9. The van der Waals surface area contributed by atoms with Crippen LogP contribution in [0.4, 0.5) is 4.79 Å². The zero-order valence-corrected chi connectivity index (χ0v) is 16.9. The average Bonchev–Trinajstić information content (AvgIpc) is 2.92. The number of halogens is 1. The lowest BCUT2D eigenvalue weighted by Gasteiger charge is -2.38. The Bertz CT molecular complexity index is 853. The van der Waals surface area contributed by atoms with E-state index >= 15 is 0 Å². The van der Waals surface area contributed by atoms with E-state index in [-0.39, 0.29) is 12.1 Å². The van der Waals surface area contributed by atoms with Crippen LogP contribution in [0.1, 0.15) is 58.1 Å². The number of carbonyl (C=O) groups is 2. The molecule has 0 radical (unpaired) electrons. The summed E-state index contributed by atoms with van der Waals surface area (Å²) in [6, 6.07) is 7.36. The summed E-state index contributed by atoms with van der Waals surface area (Å²) in [6.07, 6.45) is 1.23. The maximum atomic E-state index is 12.9. The summed E-state index contributed by atoms with van der Waals surface area (Å²) in [5.74, 6) is 0. The fourth-order valence-electron chi connectivity index (χ4n) is 3.29. The van der Waals surface area contributed by atoms with E-state index in [0.29, 0.717) is 16.4 Å². The van der Waals surface area contributed by atoms with Crippen molar-refractivity contribution in [2.75, 3.05) is 6.54 Å². The van der Waals surface area contributed by atoms with Crippen molar-refractivity contribution in [1.29, 1.82) is 0 Å². The fourth-order valence-corrected chi connectivity index (χ4v) is 4.34. The Labute approximate surface area is 162 Å². The molecule has 1 atom stereocenters. The molecule has 0 saturated carbocycles. The Morgan fingerprint density at radius 1 is 1.31 bits per heavy atom. The number of aryl methyl sites for hydroxylation is 1. The Kier molecular flexibility index (Phi) is 5.13. The summed E-state index contributed by atoms with van der Waals surface area (Å²) in [5.41, 5.74) is 2.53. The molecule has 1 aromatic carbocycles. The first-order chi connectivity index (χ1) is 12.2. The molecule has 3 rings (SSSR count). The minimum absolute atomic E-state index is 0.308. The molecule has 1 unspecified atom stereocenters. The Morgan fingerprint density at radius 3 is 2.65 bits per heavy atom. The molecule has 26 heavy (non-hydrogen) atoms. The summed E-state index contributed by atoms with van der Waals surface area (Å²) in [4.78, 5) is 27.5. The quantitative estimate of drug-likeness (QED) is 0.643. The lowest BCUT2D eigenvalue weighted by Crippen LogP contribution is -2.43. The van der Waals surface area contributed by atoms with Gasteiger partial charge in [0, 0.05) is 16.4 Å². The first-order valence-corrected chi connectivity index (χ1v) is 9.72. The second kappa shape index (κ2) is 7.05. The van der Waals surface area contributed by atoms with E-state index in [1.54, 1.807) is 4.90 Å². The van der Waals surface area contributed by atoms with Gasteiger partial charge in [-0.3, -0.25) is 9.69 Å². The van der Waals surface area contributed by atoms with Crippen LogP contribution >= 0.6 is 22.9 Å². The highest BCUT2D eigenvalue weighted by atomic mass is 35.5. The highest BCUT2D eigenvalue weighted by Gasteiger charge is 2.36. The minimum atomic E-state index is -0.576. The number of hydrogen-bond donors (Lipinski definition) is 0. The van der Waals surface area contributed by atoms with Crippen molar-refractivity contribution >= 4 is 35.3 Å². The van der Waals surface area contributed by atoms with E-state index in [1.807, 2.05) is 52.0 Å². The van der Waals surface area contributed by atoms with Gasteiger partial charge in [-0.1, -0.05) is 17.7 Å². The molecule has 6 heteroatoms. The van der Waals surface area contributed by atoms with Crippen LogP contribution in [0.25, 0.3) is 0 Å². The summed E-state index contributed by atoms with van der Waals surface area (Å²) >= 11 is 7.68. The van der Waals surface area contributed by atoms with Gasteiger partial charge in [0.2, 0.25) is 0 Å². The Hall–Kier alpha value is -1.85. The standard InChI is InChI=1S/C20H22ClNO3S/c1-12-16(10-15(11-23)26-12)18-17-9-14(21)6-5-13(17)7-8-22(18)19(24)25-20(2,3)4/h5-6,9-11,18H,7-8H2,1-4H3. The average molecular weight is 392 g/mol. The van der Waals surface area contributed by atoms with E-state index in [9.17, 15) is 9.59 Å². The number of thiophene rings is 1. The van der Waals surface area contributed by atoms with Gasteiger partial charge in [-0.15, -0.1) is 11.3 Å². The largest absolute Gasteiger partial charge is 0.444 e. The molecule has 0 aliphatic carbocycles. The Morgan fingerprint density at radius 2 is 2.04 bits per heavy atom. The van der Waals surface area contributed by atoms with Gasteiger partial charge >= 0.3 is 6.09 Å². The first kappa shape index (κ1) is 18.9. The first-order valence-electron chi connectivity index (χ1n) is 8.53. The van der Waals surface area contributed by atoms with Gasteiger partial charge in [-0.05, 0) is 69.0 Å². The van der Waals surface area contributed by atoms with Gasteiger partial charge in [0.15, 0.2) is 6.29 Å². The topological polar surface area (TPSA) is 46.6 Å². The SMILES string of the molecule is Cc1sc(C=O)cc1C1c2cc(Cl)ccc2CCN1C(=O)OC(C)(C)C. The maximum Gasteiger partial charge on any atom is 0.411 e. The monoisotopic (exact) mass is 391 g/mol. The van der Waals surface area contributed by atoms with Crippen LogP contribution in [0.2, 0.25) is 5.02 Å². The summed E-state index contributed by atoms with van der Waals surface area (Å²) in [7, 11) is 0. The highest BCUT2D eigenvalue weighted by molar-refractivity contribution is 7.13. The number of fused-ring (bicyclic) bond motifs is 1. The molecule has 0 N–H and O–H groups in total. The number of benzene rings is 1. The minimum Gasteiger partial charge on any atom is -0.444 e. The van der Waals surface area contributed by atoms with E-state index in [4.69, 9.17) is 16.3 Å². The molecule has 2 heterocycles. The zero-order valence-electron chi connectivity index (χ0n) is 15.3. The van der Waals surface area contributed by atoms with Gasteiger partial charge in [0.25, 0.3) is 0 Å². The molecular formula is C20H22ClNO3S. The van der Waals surface area contributed by atoms with E-state index < -0.39 is 5.60 Å². The van der Waals surface area contributed by atoms with Crippen molar-refractivity contribution in [1.82, 2.24) is 4.90 Å². The van der Waals surface area contributed by atoms with Crippen molar-refractivity contribution in [2.45, 2.75) is 45.8 Å². The van der Waals surface area contributed by atoms with Gasteiger partial charge in [-0.2, -0.15) is 0 Å². The molecule has 1 aliphatic rings. The van der Waals surface area contributed by atoms with E-state index in [0.717, 1.165) is 34.3 Å². The second-order valence-corrected chi connectivity index (χ2v) is 9.17. The summed E-state index contributed by atoms with van der Waals surface area (Å²) in [5, 5.41) is 0.628. The molecule has 0 fully saturated rings. The third-order valence-corrected chi connectivity index (χ3v) is 5.58. The normalized spacial score (nSPS) is 17.0. The van der Waals surface area contributed by atoms with Gasteiger partial charge < -0.3 is 4.74 Å². The number of ether oxygens (including phenoxy) is 1. The van der Waals surface area contributed by atoms with Gasteiger partial charge in [0.1, 0.15) is 5.60 Å². The summed E-state index contributed by atoms with van der Waals surface area (Å²) < 4.78 is 5.64. The van der Waals surface area contributed by atoms with Crippen molar-refractivity contribution in [3.05, 3.63) is 55.7 Å². The van der Waals surface area contributed by atoms with Gasteiger partial charge in [0.05, 0.1) is 10.9 Å². The van der Waals surface area contributed by atoms with Crippen LogP contribution in [0.3, 0.4) is 0 Å². The molecule has 1 aliphatic heterocycles. The van der Waals surface area contributed by atoms with Crippen molar-refractivity contribution in [3.8, 4) is 0 Å². The number of hydrogen-bond acceptors (Lipinski definition) is 4. The number of aldehydes is 1. The Balaban J connectivity index is 2.11. The summed E-state index contributed by atoms with van der Waals surface area (Å²) in [6.45, 7) is 8.10. The molecule has 2 aromatic rings. The predicted molar refractivity (Wildman–Crippen MR) is 104 cm³/mol. The molecule has 0 spiro atoms. The third kappa shape index (κ3) is 3.79. The van der Waals surface area contributed by atoms with Crippen molar-refractivity contribution in [3.63, 3.8) is 0 Å². The zero-order chi connectivity index (χ0) is 19.1. The number of amides is 1.